The predicted octanol–water partition coefficient (Wildman–Crippen LogP) is 4.27. The summed E-state index contributed by atoms with van der Waals surface area (Å²) < 4.78 is 11.0. The van der Waals surface area contributed by atoms with Gasteiger partial charge in [0.1, 0.15) is 11.5 Å². The lowest BCUT2D eigenvalue weighted by atomic mass is 9.99. The zero-order valence-electron chi connectivity index (χ0n) is 11.7. The molecule has 1 aliphatic rings. The van der Waals surface area contributed by atoms with Crippen molar-refractivity contribution in [3.63, 3.8) is 0 Å². The Balaban J connectivity index is 2.00. The summed E-state index contributed by atoms with van der Waals surface area (Å²) in [5, 5.41) is -0.212. The first-order chi connectivity index (χ1) is 9.69. The Kier molecular flexibility index (Phi) is 3.58. The van der Waals surface area contributed by atoms with Gasteiger partial charge in [0.25, 0.3) is 0 Å². The first kappa shape index (κ1) is 13.3. The Morgan fingerprint density at radius 1 is 1.20 bits per heavy atom. The Morgan fingerprint density at radius 3 is 2.85 bits per heavy atom. The van der Waals surface area contributed by atoms with Crippen LogP contribution in [0.3, 0.4) is 0 Å². The number of hydrogen-bond donors (Lipinski definition) is 0. The minimum absolute atomic E-state index is 0.212. The molecule has 3 heteroatoms. The maximum atomic E-state index is 6.67. The van der Waals surface area contributed by atoms with E-state index in [1.165, 1.54) is 11.1 Å². The summed E-state index contributed by atoms with van der Waals surface area (Å²) in [6.07, 6.45) is 0.956. The van der Waals surface area contributed by atoms with Gasteiger partial charge in [-0.15, -0.1) is 11.6 Å². The number of ether oxygens (including phenoxy) is 2. The van der Waals surface area contributed by atoms with E-state index in [4.69, 9.17) is 21.1 Å². The molecule has 2 aromatic rings. The summed E-state index contributed by atoms with van der Waals surface area (Å²) in [5.74, 6) is 1.81. The predicted molar refractivity (Wildman–Crippen MR) is 81.1 cm³/mol. The van der Waals surface area contributed by atoms with Crippen LogP contribution in [0.15, 0.2) is 36.4 Å². The molecule has 1 unspecified atom stereocenters. The van der Waals surface area contributed by atoms with Crippen LogP contribution in [0, 0.1) is 6.92 Å². The highest BCUT2D eigenvalue weighted by atomic mass is 35.5. The number of fused-ring (bicyclic) bond motifs is 1. The summed E-state index contributed by atoms with van der Waals surface area (Å²) in [6, 6.07) is 12.3. The molecule has 0 aromatic heterocycles. The van der Waals surface area contributed by atoms with E-state index >= 15 is 0 Å². The summed E-state index contributed by atoms with van der Waals surface area (Å²) in [4.78, 5) is 0. The highest BCUT2D eigenvalue weighted by molar-refractivity contribution is 6.22. The third-order valence-electron chi connectivity index (χ3n) is 3.66. The zero-order chi connectivity index (χ0) is 14.1. The number of rotatable bonds is 3. The van der Waals surface area contributed by atoms with Crippen LogP contribution in [0.2, 0.25) is 0 Å². The van der Waals surface area contributed by atoms with Gasteiger partial charge in [0, 0.05) is 12.0 Å². The highest BCUT2D eigenvalue weighted by Gasteiger charge is 2.19. The molecular weight excluding hydrogens is 272 g/mol. The largest absolute Gasteiger partial charge is 0.496 e. The number of benzene rings is 2. The van der Waals surface area contributed by atoms with Crippen LogP contribution in [0.4, 0.5) is 0 Å². The zero-order valence-corrected chi connectivity index (χ0v) is 12.4. The number of hydrogen-bond acceptors (Lipinski definition) is 2. The third-order valence-corrected chi connectivity index (χ3v) is 4.15. The minimum Gasteiger partial charge on any atom is -0.496 e. The Bertz CT molecular complexity index is 637. The minimum atomic E-state index is -0.212. The van der Waals surface area contributed by atoms with Gasteiger partial charge >= 0.3 is 0 Å². The van der Waals surface area contributed by atoms with Crippen molar-refractivity contribution in [1.29, 1.82) is 0 Å². The maximum Gasteiger partial charge on any atom is 0.123 e. The van der Waals surface area contributed by atoms with Gasteiger partial charge in [-0.2, -0.15) is 0 Å². The van der Waals surface area contributed by atoms with E-state index in [1.807, 2.05) is 24.3 Å². The van der Waals surface area contributed by atoms with E-state index in [-0.39, 0.29) is 5.38 Å². The van der Waals surface area contributed by atoms with Crippen molar-refractivity contribution in [3.05, 3.63) is 58.7 Å². The Morgan fingerprint density at radius 2 is 2.05 bits per heavy atom. The van der Waals surface area contributed by atoms with E-state index < -0.39 is 0 Å². The van der Waals surface area contributed by atoms with Gasteiger partial charge < -0.3 is 9.47 Å². The smallest absolute Gasteiger partial charge is 0.123 e. The monoisotopic (exact) mass is 288 g/mol. The first-order valence-corrected chi connectivity index (χ1v) is 7.17. The van der Waals surface area contributed by atoms with E-state index in [2.05, 4.69) is 19.1 Å². The van der Waals surface area contributed by atoms with Crippen LogP contribution >= 0.6 is 11.6 Å². The van der Waals surface area contributed by atoms with Crippen LogP contribution in [0.25, 0.3) is 0 Å². The van der Waals surface area contributed by atoms with Crippen molar-refractivity contribution in [2.75, 3.05) is 13.7 Å². The van der Waals surface area contributed by atoms with Gasteiger partial charge in [-0.05, 0) is 30.2 Å². The number of aryl methyl sites for hydroxylation is 1. The van der Waals surface area contributed by atoms with Crippen LogP contribution in [0.1, 0.15) is 27.6 Å². The van der Waals surface area contributed by atoms with Crippen molar-refractivity contribution >= 4 is 11.6 Å². The molecule has 104 valence electrons. The van der Waals surface area contributed by atoms with Crippen molar-refractivity contribution < 1.29 is 9.47 Å². The van der Waals surface area contributed by atoms with Crippen molar-refractivity contribution in [1.82, 2.24) is 0 Å². The molecule has 1 atom stereocenters. The topological polar surface area (TPSA) is 18.5 Å². The van der Waals surface area contributed by atoms with Crippen molar-refractivity contribution in [2.24, 2.45) is 0 Å². The fourth-order valence-electron chi connectivity index (χ4n) is 2.60. The normalized spacial score (nSPS) is 14.6. The molecule has 1 heterocycles. The van der Waals surface area contributed by atoms with Gasteiger partial charge in [0.15, 0.2) is 0 Å². The van der Waals surface area contributed by atoms with Gasteiger partial charge in [0.05, 0.1) is 19.1 Å². The van der Waals surface area contributed by atoms with Crippen LogP contribution in [-0.4, -0.2) is 13.7 Å². The molecule has 0 saturated heterocycles. The van der Waals surface area contributed by atoms with E-state index in [9.17, 15) is 0 Å². The van der Waals surface area contributed by atoms with E-state index in [0.717, 1.165) is 35.7 Å². The lowest BCUT2D eigenvalue weighted by molar-refractivity contribution is 0.357. The molecule has 1 aliphatic heterocycles. The molecule has 0 radical (unpaired) electrons. The quantitative estimate of drug-likeness (QED) is 0.786. The molecular formula is C17H17ClO2. The molecule has 0 N–H and O–H groups in total. The van der Waals surface area contributed by atoms with E-state index in [1.54, 1.807) is 7.11 Å². The molecule has 0 amide bonds. The fraction of sp³-hybridized carbons (Fsp3) is 0.294. The number of halogens is 1. The molecule has 3 rings (SSSR count). The molecule has 20 heavy (non-hydrogen) atoms. The highest BCUT2D eigenvalue weighted by Crippen LogP contribution is 2.38. The number of alkyl halides is 1. The van der Waals surface area contributed by atoms with Crippen LogP contribution in [-0.2, 0) is 6.42 Å². The Labute approximate surface area is 124 Å². The second-order valence-corrected chi connectivity index (χ2v) is 5.51. The van der Waals surface area contributed by atoms with Crippen molar-refractivity contribution in [2.45, 2.75) is 18.7 Å². The van der Waals surface area contributed by atoms with Crippen molar-refractivity contribution in [3.8, 4) is 11.5 Å². The fourth-order valence-corrected chi connectivity index (χ4v) is 2.90. The molecule has 2 nitrogen and oxygen atoms in total. The molecule has 0 saturated carbocycles. The van der Waals surface area contributed by atoms with E-state index in [0.29, 0.717) is 0 Å². The molecule has 0 aliphatic carbocycles. The number of methoxy groups -OCH3 is 1. The summed E-state index contributed by atoms with van der Waals surface area (Å²) in [5.41, 5.74) is 4.50. The van der Waals surface area contributed by atoms with Crippen LogP contribution in [0.5, 0.6) is 11.5 Å². The Hall–Kier alpha value is -1.67. The second-order valence-electron chi connectivity index (χ2n) is 5.07. The molecule has 2 aromatic carbocycles. The van der Waals surface area contributed by atoms with Crippen LogP contribution < -0.4 is 9.47 Å². The molecule has 0 fully saturated rings. The maximum absolute atomic E-state index is 6.67. The molecule has 0 bridgehead atoms. The second kappa shape index (κ2) is 5.37. The first-order valence-electron chi connectivity index (χ1n) is 6.73. The van der Waals surface area contributed by atoms with Gasteiger partial charge in [-0.3, -0.25) is 0 Å². The lowest BCUT2D eigenvalue weighted by Crippen LogP contribution is -1.98. The third kappa shape index (κ3) is 2.36. The summed E-state index contributed by atoms with van der Waals surface area (Å²) in [6.45, 7) is 2.82. The average molecular weight is 289 g/mol. The SMILES string of the molecule is COc1ccc(C)cc1C(Cl)c1ccc2c(c1)CCO2. The van der Waals surface area contributed by atoms with Gasteiger partial charge in [0.2, 0.25) is 0 Å². The standard InChI is InChI=1S/C17H17ClO2/c1-11-3-5-16(19-2)14(9-11)17(18)13-4-6-15-12(10-13)7-8-20-15/h3-6,9-10,17H,7-8H2,1-2H3. The molecule has 0 spiro atoms. The van der Waals surface area contributed by atoms with Gasteiger partial charge in [-0.1, -0.05) is 29.8 Å². The summed E-state index contributed by atoms with van der Waals surface area (Å²) >= 11 is 6.67. The summed E-state index contributed by atoms with van der Waals surface area (Å²) in [7, 11) is 1.67. The average Bonchev–Trinajstić information content (AvgIpc) is 2.93. The van der Waals surface area contributed by atoms with Gasteiger partial charge in [-0.25, -0.2) is 0 Å². The lowest BCUT2D eigenvalue weighted by Gasteiger charge is -2.16.